The van der Waals surface area contributed by atoms with Gasteiger partial charge >= 0.3 is 0 Å². The van der Waals surface area contributed by atoms with Crippen LogP contribution in [0.25, 0.3) is 0 Å². The average molecular weight is 291 g/mol. The van der Waals surface area contributed by atoms with Gasteiger partial charge in [-0.3, -0.25) is 0 Å². The van der Waals surface area contributed by atoms with Crippen LogP contribution in [0.2, 0.25) is 0 Å². The molecule has 0 aliphatic rings. The summed E-state index contributed by atoms with van der Waals surface area (Å²) in [6, 6.07) is 0. The Labute approximate surface area is 133 Å². The van der Waals surface area contributed by atoms with Crippen LogP contribution in [0.3, 0.4) is 0 Å². The van der Waals surface area contributed by atoms with Crippen LogP contribution >= 0.6 is 0 Å². The first-order valence-corrected chi connectivity index (χ1v) is 8.03. The summed E-state index contributed by atoms with van der Waals surface area (Å²) in [5.41, 5.74) is 3.76. The maximum atomic E-state index is 8.83. The molecule has 0 rings (SSSR count). The van der Waals surface area contributed by atoms with Crippen molar-refractivity contribution in [1.82, 2.24) is 0 Å². The Balaban J connectivity index is 4.10. The van der Waals surface area contributed by atoms with Gasteiger partial charge in [0.15, 0.2) is 0 Å². The molecular weight excluding hydrogens is 256 g/mol. The van der Waals surface area contributed by atoms with E-state index in [0.29, 0.717) is 5.92 Å². The Hall–Kier alpha value is -1.08. The van der Waals surface area contributed by atoms with Crippen molar-refractivity contribution < 1.29 is 6.48 Å². The number of aliphatic hydroxyl groups excluding tert-OH is 1. The zero-order chi connectivity index (χ0) is 17.0. The molecule has 0 saturated carbocycles. The first-order valence-electron chi connectivity index (χ1n) is 8.61. The summed E-state index contributed by atoms with van der Waals surface area (Å²) in [6.07, 6.45) is 14.5. The van der Waals surface area contributed by atoms with Crippen molar-refractivity contribution >= 4 is 0 Å². The smallest absolute Gasteiger partial charge is 0.0615 e. The lowest BCUT2D eigenvalue weighted by atomic mass is 10.0. The topological polar surface area (TPSA) is 20.2 Å². The summed E-state index contributed by atoms with van der Waals surface area (Å²) < 4.78 is 7.95. The molecule has 0 spiro atoms. The second-order valence-corrected chi connectivity index (χ2v) is 6.11. The van der Waals surface area contributed by atoms with Crippen molar-refractivity contribution in [1.29, 1.82) is 0 Å². The molecule has 0 aliphatic carbocycles. The molecule has 0 amide bonds. The maximum Gasteiger partial charge on any atom is 0.0615 e. The fourth-order valence-electron chi connectivity index (χ4n) is 1.99. The summed E-state index contributed by atoms with van der Waals surface area (Å²) in [5.74, 6) is 0.483. The highest BCUT2D eigenvalue weighted by molar-refractivity contribution is 5.06. The van der Waals surface area contributed by atoms with E-state index >= 15 is 0 Å². The first-order chi connectivity index (χ1) is 10.4. The zero-order valence-corrected chi connectivity index (χ0v) is 14.5. The molecule has 120 valence electrons. The van der Waals surface area contributed by atoms with Gasteiger partial charge in [-0.2, -0.15) is 0 Å². The summed E-state index contributed by atoms with van der Waals surface area (Å²) >= 11 is 0. The van der Waals surface area contributed by atoms with E-state index in [0.717, 1.165) is 31.3 Å². The molecule has 1 nitrogen and oxygen atoms in total. The van der Waals surface area contributed by atoms with Crippen LogP contribution in [0.4, 0.5) is 0 Å². The highest BCUT2D eigenvalue weighted by Gasteiger charge is 1.96. The molecule has 0 aromatic carbocycles. The molecule has 0 bridgehead atoms. The van der Waals surface area contributed by atoms with E-state index in [-0.39, 0.29) is 13.0 Å². The number of hydrogen-bond donors (Lipinski definition) is 1. The van der Waals surface area contributed by atoms with Gasteiger partial charge in [0.05, 0.1) is 6.61 Å². The summed E-state index contributed by atoms with van der Waals surface area (Å²) in [5, 5.41) is 8.83. The van der Waals surface area contributed by atoms with Crippen molar-refractivity contribution in [3.8, 4) is 0 Å². The lowest BCUT2D eigenvalue weighted by molar-refractivity contribution is 0.341. The number of aliphatic hydroxyl groups is 1. The van der Waals surface area contributed by atoms with Crippen LogP contribution in [-0.4, -0.2) is 11.7 Å². The van der Waals surface area contributed by atoms with E-state index in [1.807, 2.05) is 13.0 Å². The van der Waals surface area contributed by atoms with Crippen molar-refractivity contribution in [2.45, 2.75) is 66.7 Å². The molecule has 0 fully saturated rings. The molecule has 0 aromatic rings. The van der Waals surface area contributed by atoms with E-state index in [2.05, 4.69) is 45.9 Å². The van der Waals surface area contributed by atoms with Crippen LogP contribution in [0.1, 0.15) is 68.1 Å². The molecule has 1 N–H and O–H groups in total. The molecule has 0 saturated heterocycles. The van der Waals surface area contributed by atoms with Crippen LogP contribution in [0, 0.1) is 5.92 Å². The SMILES string of the molecule is [2H][C@H](/C=C/C(C)CC/C=C(\C)CCC=C(C)C)/C(C)=C/CO. The lowest BCUT2D eigenvalue weighted by Crippen LogP contribution is -1.89. The van der Waals surface area contributed by atoms with E-state index in [9.17, 15) is 0 Å². The minimum atomic E-state index is -0.337. The Morgan fingerprint density at radius 3 is 2.38 bits per heavy atom. The standard InChI is InChI=1S/C20H34O/c1-17(2)9-6-10-18(3)11-7-12-19(4)13-8-14-20(5)15-16-21/h8-9,11,13,15,19,21H,6-7,10,12,14,16H2,1-5H3/b13-8+,18-11+,20-15+/i14D/t14-,19?/m1/s1. The van der Waals surface area contributed by atoms with Gasteiger partial charge < -0.3 is 5.11 Å². The molecule has 1 unspecified atom stereocenters. The van der Waals surface area contributed by atoms with E-state index in [4.69, 9.17) is 6.48 Å². The van der Waals surface area contributed by atoms with Gasteiger partial charge in [0.25, 0.3) is 0 Å². The molecular formula is C20H34O. The van der Waals surface area contributed by atoms with Gasteiger partial charge in [-0.15, -0.1) is 0 Å². The molecule has 0 heterocycles. The average Bonchev–Trinajstić information content (AvgIpc) is 2.44. The zero-order valence-electron chi connectivity index (χ0n) is 15.5. The maximum absolute atomic E-state index is 8.83. The van der Waals surface area contributed by atoms with E-state index in [1.165, 1.54) is 11.1 Å². The summed E-state index contributed by atoms with van der Waals surface area (Å²) in [7, 11) is 0. The fourth-order valence-corrected chi connectivity index (χ4v) is 1.99. The largest absolute Gasteiger partial charge is 0.392 e. The molecule has 0 aliphatic heterocycles. The Kier molecular flexibility index (Phi) is 10.8. The van der Waals surface area contributed by atoms with Crippen LogP contribution in [0.5, 0.6) is 0 Å². The molecule has 2 atom stereocenters. The second-order valence-electron chi connectivity index (χ2n) is 6.11. The normalized spacial score (nSPS) is 16.8. The fraction of sp³-hybridized carbons (Fsp3) is 0.600. The minimum Gasteiger partial charge on any atom is -0.392 e. The van der Waals surface area contributed by atoms with Crippen LogP contribution < -0.4 is 0 Å². The van der Waals surface area contributed by atoms with Gasteiger partial charge in [-0.05, 0) is 65.7 Å². The molecule has 1 heteroatoms. The van der Waals surface area contributed by atoms with Gasteiger partial charge in [0, 0.05) is 1.37 Å². The third-order valence-electron chi connectivity index (χ3n) is 3.42. The molecule has 0 radical (unpaired) electrons. The highest BCUT2D eigenvalue weighted by Crippen LogP contribution is 2.13. The Bertz CT molecular complexity index is 411. The van der Waals surface area contributed by atoms with Gasteiger partial charge in [-0.25, -0.2) is 0 Å². The van der Waals surface area contributed by atoms with Gasteiger partial charge in [0.1, 0.15) is 0 Å². The second kappa shape index (κ2) is 12.6. The predicted octanol–water partition coefficient (Wildman–Crippen LogP) is 5.98. The highest BCUT2D eigenvalue weighted by atomic mass is 16.2. The van der Waals surface area contributed by atoms with Gasteiger partial charge in [-0.1, -0.05) is 54.0 Å². The Morgan fingerprint density at radius 2 is 1.76 bits per heavy atom. The number of rotatable bonds is 10. The predicted molar refractivity (Wildman–Crippen MR) is 95.4 cm³/mol. The van der Waals surface area contributed by atoms with Crippen molar-refractivity contribution in [3.63, 3.8) is 0 Å². The van der Waals surface area contributed by atoms with Crippen molar-refractivity contribution in [3.05, 3.63) is 47.1 Å². The Morgan fingerprint density at radius 1 is 1.05 bits per heavy atom. The molecule has 0 aromatic heterocycles. The van der Waals surface area contributed by atoms with Gasteiger partial charge in [0.2, 0.25) is 0 Å². The van der Waals surface area contributed by atoms with Crippen molar-refractivity contribution in [2.75, 3.05) is 6.61 Å². The summed E-state index contributed by atoms with van der Waals surface area (Å²) in [6.45, 7) is 10.6. The summed E-state index contributed by atoms with van der Waals surface area (Å²) in [4.78, 5) is 0. The van der Waals surface area contributed by atoms with E-state index in [1.54, 1.807) is 6.08 Å². The number of hydrogen-bond acceptors (Lipinski definition) is 1. The monoisotopic (exact) mass is 291 g/mol. The molecule has 21 heavy (non-hydrogen) atoms. The van der Waals surface area contributed by atoms with Crippen LogP contribution in [0.15, 0.2) is 47.1 Å². The third-order valence-corrected chi connectivity index (χ3v) is 3.42. The quantitative estimate of drug-likeness (QED) is 0.491. The first kappa shape index (κ1) is 18.0. The minimum absolute atomic E-state index is 0.0153. The lowest BCUT2D eigenvalue weighted by Gasteiger charge is -2.05. The number of allylic oxidation sites excluding steroid dienone is 7. The van der Waals surface area contributed by atoms with Crippen LogP contribution in [-0.2, 0) is 0 Å². The van der Waals surface area contributed by atoms with Crippen molar-refractivity contribution in [2.24, 2.45) is 5.92 Å². The third kappa shape index (κ3) is 13.7. The van der Waals surface area contributed by atoms with E-state index < -0.39 is 0 Å².